The Kier molecular flexibility index (Phi) is 2.19. The molecule has 0 N–H and O–H groups in total. The van der Waals surface area contributed by atoms with Crippen molar-refractivity contribution in [3.63, 3.8) is 0 Å². The Hall–Kier alpha value is 0.310. The van der Waals surface area contributed by atoms with Crippen molar-refractivity contribution in [2.24, 2.45) is 0 Å². The van der Waals surface area contributed by atoms with E-state index in [0.717, 1.165) is 11.9 Å². The predicted molar refractivity (Wildman–Crippen MR) is 44.5 cm³/mol. The van der Waals surface area contributed by atoms with E-state index in [2.05, 4.69) is 11.8 Å². The van der Waals surface area contributed by atoms with Crippen LogP contribution in [0.2, 0.25) is 0 Å². The first kappa shape index (κ1) is 6.99. The number of hydrogen-bond acceptors (Lipinski definition) is 2. The van der Waals surface area contributed by atoms with Crippen LogP contribution in [0.4, 0.5) is 0 Å². The van der Waals surface area contributed by atoms with E-state index in [1.54, 1.807) is 0 Å². The van der Waals surface area contributed by atoms with Crippen molar-refractivity contribution in [2.45, 2.75) is 37.0 Å². The summed E-state index contributed by atoms with van der Waals surface area (Å²) >= 11 is 2.11. The van der Waals surface area contributed by atoms with E-state index in [9.17, 15) is 0 Å². The Morgan fingerprint density at radius 1 is 1.20 bits per heavy atom. The maximum atomic E-state index is 5.66. The standard InChI is InChI=1S/C8H14OS/c1-2-7-3-4-8(6-9-7)10-5-1/h7-8H,1-6H2. The Labute approximate surface area is 66.5 Å². The lowest BCUT2D eigenvalue weighted by molar-refractivity contribution is 0.0126. The monoisotopic (exact) mass is 158 g/mol. The summed E-state index contributed by atoms with van der Waals surface area (Å²) in [6, 6.07) is 0. The van der Waals surface area contributed by atoms with Gasteiger partial charge in [0.05, 0.1) is 12.7 Å². The summed E-state index contributed by atoms with van der Waals surface area (Å²) in [6.45, 7) is 1.02. The summed E-state index contributed by atoms with van der Waals surface area (Å²) in [7, 11) is 0. The molecule has 3 saturated heterocycles. The minimum atomic E-state index is 0.622. The number of ether oxygens (including phenoxy) is 1. The van der Waals surface area contributed by atoms with Crippen molar-refractivity contribution in [3.05, 3.63) is 0 Å². The zero-order valence-corrected chi connectivity index (χ0v) is 7.03. The summed E-state index contributed by atoms with van der Waals surface area (Å²) in [5.74, 6) is 1.37. The van der Waals surface area contributed by atoms with Crippen LogP contribution in [0.3, 0.4) is 0 Å². The quantitative estimate of drug-likeness (QED) is 0.533. The summed E-state index contributed by atoms with van der Waals surface area (Å²) in [5.41, 5.74) is 0. The maximum Gasteiger partial charge on any atom is 0.0588 e. The molecule has 2 bridgehead atoms. The molecule has 0 amide bonds. The van der Waals surface area contributed by atoms with E-state index in [-0.39, 0.29) is 0 Å². The van der Waals surface area contributed by atoms with E-state index >= 15 is 0 Å². The number of rotatable bonds is 0. The second kappa shape index (κ2) is 3.14. The van der Waals surface area contributed by atoms with Crippen molar-refractivity contribution in [2.75, 3.05) is 12.4 Å². The smallest absolute Gasteiger partial charge is 0.0588 e. The van der Waals surface area contributed by atoms with Crippen LogP contribution in [0.5, 0.6) is 0 Å². The van der Waals surface area contributed by atoms with Gasteiger partial charge in [-0.25, -0.2) is 0 Å². The summed E-state index contributed by atoms with van der Waals surface area (Å²) in [6.07, 6.45) is 6.01. The molecule has 0 saturated carbocycles. The minimum Gasteiger partial charge on any atom is -0.377 e. The zero-order chi connectivity index (χ0) is 6.81. The van der Waals surface area contributed by atoms with Crippen molar-refractivity contribution >= 4 is 11.8 Å². The van der Waals surface area contributed by atoms with Gasteiger partial charge in [0.25, 0.3) is 0 Å². The molecule has 3 fully saturated rings. The van der Waals surface area contributed by atoms with Gasteiger partial charge in [0.2, 0.25) is 0 Å². The molecule has 0 aliphatic carbocycles. The van der Waals surface area contributed by atoms with Crippen LogP contribution < -0.4 is 0 Å². The van der Waals surface area contributed by atoms with Gasteiger partial charge in [0, 0.05) is 5.25 Å². The fourth-order valence-electron chi connectivity index (χ4n) is 1.70. The molecule has 0 aromatic carbocycles. The summed E-state index contributed by atoms with van der Waals surface area (Å²) < 4.78 is 5.66. The fourth-order valence-corrected chi connectivity index (χ4v) is 2.85. The Bertz CT molecular complexity index is 88.3. The van der Waals surface area contributed by atoms with Crippen LogP contribution >= 0.6 is 11.8 Å². The lowest BCUT2D eigenvalue weighted by atomic mass is 10.0. The molecule has 10 heavy (non-hydrogen) atoms. The van der Waals surface area contributed by atoms with Gasteiger partial charge in [-0.2, -0.15) is 11.8 Å². The van der Waals surface area contributed by atoms with Crippen LogP contribution in [0.1, 0.15) is 25.7 Å². The van der Waals surface area contributed by atoms with Crippen LogP contribution in [-0.2, 0) is 4.74 Å². The predicted octanol–water partition coefficient (Wildman–Crippen LogP) is 2.06. The van der Waals surface area contributed by atoms with Crippen LogP contribution in [-0.4, -0.2) is 23.7 Å². The van der Waals surface area contributed by atoms with Gasteiger partial charge in [0.15, 0.2) is 0 Å². The normalized spacial score (nSPS) is 40.8. The van der Waals surface area contributed by atoms with Crippen molar-refractivity contribution in [1.29, 1.82) is 0 Å². The molecule has 3 aliphatic heterocycles. The molecule has 58 valence electrons. The molecule has 0 spiro atoms. The van der Waals surface area contributed by atoms with Crippen molar-refractivity contribution in [3.8, 4) is 0 Å². The van der Waals surface area contributed by atoms with E-state index in [4.69, 9.17) is 4.74 Å². The molecule has 0 radical (unpaired) electrons. The van der Waals surface area contributed by atoms with E-state index in [1.165, 1.54) is 31.4 Å². The molecule has 3 rings (SSSR count). The topological polar surface area (TPSA) is 9.23 Å². The number of hydrogen-bond donors (Lipinski definition) is 0. The molecular formula is C8H14OS. The highest BCUT2D eigenvalue weighted by molar-refractivity contribution is 7.99. The first-order valence-electron chi connectivity index (χ1n) is 4.18. The maximum absolute atomic E-state index is 5.66. The Balaban J connectivity index is 1.94. The number of fused-ring (bicyclic) bond motifs is 5. The number of thioether (sulfide) groups is 1. The van der Waals surface area contributed by atoms with Crippen LogP contribution in [0.25, 0.3) is 0 Å². The van der Waals surface area contributed by atoms with Crippen molar-refractivity contribution in [1.82, 2.24) is 0 Å². The summed E-state index contributed by atoms with van der Waals surface area (Å²) in [4.78, 5) is 0. The van der Waals surface area contributed by atoms with Crippen molar-refractivity contribution < 1.29 is 4.74 Å². The molecule has 3 heterocycles. The average Bonchev–Trinajstić information content (AvgIpc) is 1.89. The van der Waals surface area contributed by atoms with Gasteiger partial charge in [0.1, 0.15) is 0 Å². The van der Waals surface area contributed by atoms with E-state index in [0.29, 0.717) is 6.10 Å². The van der Waals surface area contributed by atoms with Crippen LogP contribution in [0, 0.1) is 0 Å². The molecule has 0 aromatic heterocycles. The summed E-state index contributed by atoms with van der Waals surface area (Å²) in [5, 5.41) is 0.830. The van der Waals surface area contributed by atoms with Gasteiger partial charge >= 0.3 is 0 Å². The molecule has 1 nitrogen and oxygen atoms in total. The molecule has 2 heteroatoms. The first-order chi connectivity index (χ1) is 4.95. The second-order valence-electron chi connectivity index (χ2n) is 3.17. The highest BCUT2D eigenvalue weighted by atomic mass is 32.2. The Morgan fingerprint density at radius 3 is 3.00 bits per heavy atom. The van der Waals surface area contributed by atoms with Gasteiger partial charge < -0.3 is 4.74 Å². The lowest BCUT2D eigenvalue weighted by Crippen LogP contribution is -2.29. The second-order valence-corrected chi connectivity index (χ2v) is 4.58. The van der Waals surface area contributed by atoms with Gasteiger partial charge in [-0.05, 0) is 31.4 Å². The molecule has 0 aromatic rings. The largest absolute Gasteiger partial charge is 0.377 e. The highest BCUT2D eigenvalue weighted by Crippen LogP contribution is 2.30. The Morgan fingerprint density at radius 2 is 2.20 bits per heavy atom. The third-order valence-electron chi connectivity index (χ3n) is 2.35. The highest BCUT2D eigenvalue weighted by Gasteiger charge is 2.23. The third kappa shape index (κ3) is 1.48. The molecular weight excluding hydrogens is 144 g/mol. The van der Waals surface area contributed by atoms with E-state index in [1.807, 2.05) is 0 Å². The van der Waals surface area contributed by atoms with Crippen LogP contribution in [0.15, 0.2) is 0 Å². The average molecular weight is 158 g/mol. The molecule has 3 aliphatic rings. The lowest BCUT2D eigenvalue weighted by Gasteiger charge is -2.31. The van der Waals surface area contributed by atoms with Gasteiger partial charge in [-0.3, -0.25) is 0 Å². The van der Waals surface area contributed by atoms with Gasteiger partial charge in [-0.15, -0.1) is 0 Å². The first-order valence-corrected chi connectivity index (χ1v) is 5.23. The molecule has 2 unspecified atom stereocenters. The third-order valence-corrected chi connectivity index (χ3v) is 3.72. The SMILES string of the molecule is C1CSC2CCC(C1)OC2. The fraction of sp³-hybridized carbons (Fsp3) is 1.00. The zero-order valence-electron chi connectivity index (χ0n) is 6.21. The van der Waals surface area contributed by atoms with Gasteiger partial charge in [-0.1, -0.05) is 0 Å². The van der Waals surface area contributed by atoms with E-state index < -0.39 is 0 Å². The molecule has 2 atom stereocenters. The minimum absolute atomic E-state index is 0.622.